The average molecular weight is 597 g/mol. The van der Waals surface area contributed by atoms with Crippen LogP contribution in [0.2, 0.25) is 0 Å². The Bertz CT molecular complexity index is 1410. The maximum Gasteiger partial charge on any atom is 0.423 e. The first-order valence-corrected chi connectivity index (χ1v) is 13.6. The van der Waals surface area contributed by atoms with Crippen molar-refractivity contribution in [2.75, 3.05) is 38.1 Å². The maximum atomic E-state index is 13.5. The molecule has 1 N–H and O–H groups in total. The summed E-state index contributed by atoms with van der Waals surface area (Å²) in [6.45, 7) is 2.57. The smallest absolute Gasteiger partial charge is 0.423 e. The SMILES string of the molecule is O=C(CO[C@H]1CC[C@H](Nc2ccc([N+](=O)[O-])c(C(F)(F)F)c2)CC1)N1CCN(Cc2cc3cc(F)c(F)cc3o2)CC1. The van der Waals surface area contributed by atoms with Crippen molar-refractivity contribution in [1.29, 1.82) is 0 Å². The van der Waals surface area contributed by atoms with E-state index in [-0.39, 0.29) is 35.9 Å². The molecular formula is C28H29F5N4O5. The van der Waals surface area contributed by atoms with E-state index in [0.717, 1.165) is 24.3 Å². The lowest BCUT2D eigenvalue weighted by Gasteiger charge is -2.35. The van der Waals surface area contributed by atoms with Crippen LogP contribution in [0.3, 0.4) is 0 Å². The number of piperazine rings is 1. The normalized spacial score (nSPS) is 20.2. The Morgan fingerprint density at radius 2 is 1.71 bits per heavy atom. The fourth-order valence-electron chi connectivity index (χ4n) is 5.45. The van der Waals surface area contributed by atoms with Crippen molar-refractivity contribution in [2.24, 2.45) is 0 Å². The molecule has 0 atom stereocenters. The first-order valence-electron chi connectivity index (χ1n) is 13.6. The summed E-state index contributed by atoms with van der Waals surface area (Å²) in [5.74, 6) is -1.44. The van der Waals surface area contributed by atoms with Crippen LogP contribution < -0.4 is 5.32 Å². The number of amides is 1. The van der Waals surface area contributed by atoms with Gasteiger partial charge in [-0.15, -0.1) is 0 Å². The summed E-state index contributed by atoms with van der Waals surface area (Å²) in [4.78, 5) is 26.4. The van der Waals surface area contributed by atoms with E-state index in [0.29, 0.717) is 69.6 Å². The minimum atomic E-state index is -4.84. The summed E-state index contributed by atoms with van der Waals surface area (Å²) < 4.78 is 78.2. The molecule has 1 aromatic heterocycles. The number of furan rings is 1. The third-order valence-corrected chi connectivity index (χ3v) is 7.70. The van der Waals surface area contributed by atoms with E-state index in [1.165, 1.54) is 6.07 Å². The zero-order valence-electron chi connectivity index (χ0n) is 22.5. The monoisotopic (exact) mass is 596 g/mol. The number of nitrogens with one attached hydrogen (secondary N) is 1. The summed E-state index contributed by atoms with van der Waals surface area (Å²) in [6.07, 6.45) is -2.55. The fraction of sp³-hybridized carbons (Fsp3) is 0.464. The van der Waals surface area contributed by atoms with Gasteiger partial charge < -0.3 is 19.4 Å². The van der Waals surface area contributed by atoms with Gasteiger partial charge in [0.05, 0.1) is 17.6 Å². The van der Waals surface area contributed by atoms with E-state index in [4.69, 9.17) is 9.15 Å². The van der Waals surface area contributed by atoms with Crippen molar-refractivity contribution in [1.82, 2.24) is 9.80 Å². The summed E-state index contributed by atoms with van der Waals surface area (Å²) in [5, 5.41) is 14.5. The summed E-state index contributed by atoms with van der Waals surface area (Å²) >= 11 is 0. The molecule has 226 valence electrons. The Morgan fingerprint density at radius 1 is 1.02 bits per heavy atom. The Hall–Kier alpha value is -3.78. The van der Waals surface area contributed by atoms with Crippen LogP contribution in [0, 0.1) is 21.7 Å². The van der Waals surface area contributed by atoms with Crippen LogP contribution in [0.1, 0.15) is 37.0 Å². The van der Waals surface area contributed by atoms with Crippen LogP contribution >= 0.6 is 0 Å². The molecule has 3 aromatic rings. The van der Waals surface area contributed by atoms with Crippen LogP contribution in [0.25, 0.3) is 11.0 Å². The number of carbonyl (C=O) groups is 1. The number of carbonyl (C=O) groups excluding carboxylic acids is 1. The number of rotatable bonds is 8. The molecule has 1 saturated carbocycles. The number of nitro groups is 1. The molecule has 0 spiro atoms. The number of fused-ring (bicyclic) bond motifs is 1. The molecule has 1 aliphatic carbocycles. The molecule has 5 rings (SSSR count). The molecular weight excluding hydrogens is 567 g/mol. The minimum absolute atomic E-state index is 0.0687. The van der Waals surface area contributed by atoms with E-state index in [1.54, 1.807) is 11.0 Å². The third-order valence-electron chi connectivity index (χ3n) is 7.70. The van der Waals surface area contributed by atoms with Crippen LogP contribution in [-0.4, -0.2) is 65.6 Å². The lowest BCUT2D eigenvalue weighted by atomic mass is 9.92. The van der Waals surface area contributed by atoms with E-state index in [1.807, 2.05) is 0 Å². The van der Waals surface area contributed by atoms with Crippen molar-refractivity contribution in [3.05, 3.63) is 69.5 Å². The predicted molar refractivity (Wildman–Crippen MR) is 142 cm³/mol. The number of benzene rings is 2. The molecule has 2 heterocycles. The molecule has 0 bridgehead atoms. The first-order chi connectivity index (χ1) is 20.0. The van der Waals surface area contributed by atoms with Crippen molar-refractivity contribution in [2.45, 2.75) is 50.6 Å². The lowest BCUT2D eigenvalue weighted by Crippen LogP contribution is -2.49. The first kappa shape index (κ1) is 29.7. The van der Waals surface area contributed by atoms with Gasteiger partial charge in [0.2, 0.25) is 5.91 Å². The summed E-state index contributed by atoms with van der Waals surface area (Å²) in [5.41, 5.74) is -1.84. The standard InChI is InChI=1S/C28H29F5N4O5/c29-23-12-17-11-21(42-26(17)14-24(23)30)15-35-7-9-36(10-8-35)27(38)16-41-20-4-1-18(2-5-20)34-19-3-6-25(37(39)40)22(13-19)28(31,32)33/h3,6,11-14,18,20,34H,1-2,4-5,7-10,15-16H2/t18-,20-. The topological polar surface area (TPSA) is 101 Å². The van der Waals surface area contributed by atoms with Gasteiger partial charge in [0.25, 0.3) is 5.69 Å². The fourth-order valence-corrected chi connectivity index (χ4v) is 5.45. The number of hydrogen-bond acceptors (Lipinski definition) is 7. The highest BCUT2D eigenvalue weighted by Crippen LogP contribution is 2.38. The van der Waals surface area contributed by atoms with E-state index in [2.05, 4.69) is 10.2 Å². The summed E-state index contributed by atoms with van der Waals surface area (Å²) in [6, 6.07) is 6.57. The number of alkyl halides is 3. The number of nitro benzene ring substituents is 1. The molecule has 2 aromatic carbocycles. The van der Waals surface area contributed by atoms with Gasteiger partial charge in [-0.25, -0.2) is 8.78 Å². The Labute approximate surface area is 237 Å². The quantitative estimate of drug-likeness (QED) is 0.202. The Kier molecular flexibility index (Phi) is 8.64. The second-order valence-corrected chi connectivity index (χ2v) is 10.6. The van der Waals surface area contributed by atoms with E-state index < -0.39 is 34.0 Å². The highest BCUT2D eigenvalue weighted by Gasteiger charge is 2.38. The third kappa shape index (κ3) is 6.98. The van der Waals surface area contributed by atoms with E-state index >= 15 is 0 Å². The van der Waals surface area contributed by atoms with Crippen molar-refractivity contribution >= 4 is 28.3 Å². The van der Waals surface area contributed by atoms with Gasteiger partial charge >= 0.3 is 6.18 Å². The Morgan fingerprint density at radius 3 is 2.38 bits per heavy atom. The molecule has 42 heavy (non-hydrogen) atoms. The largest absolute Gasteiger partial charge is 0.460 e. The van der Waals surface area contributed by atoms with Crippen LogP contribution in [0.4, 0.5) is 33.3 Å². The van der Waals surface area contributed by atoms with Gasteiger partial charge in [0.1, 0.15) is 23.5 Å². The molecule has 0 radical (unpaired) electrons. The van der Waals surface area contributed by atoms with Gasteiger partial charge in [0, 0.05) is 55.4 Å². The average Bonchev–Trinajstić information content (AvgIpc) is 3.33. The molecule has 1 amide bonds. The highest BCUT2D eigenvalue weighted by molar-refractivity contribution is 5.78. The van der Waals surface area contributed by atoms with Crippen molar-refractivity contribution in [3.8, 4) is 0 Å². The number of hydrogen-bond donors (Lipinski definition) is 1. The van der Waals surface area contributed by atoms with Crippen molar-refractivity contribution < 1.29 is 40.8 Å². The van der Waals surface area contributed by atoms with Crippen LogP contribution in [0.5, 0.6) is 0 Å². The number of anilines is 1. The molecule has 2 aliphatic rings. The zero-order chi connectivity index (χ0) is 30.0. The number of ether oxygens (including phenoxy) is 1. The predicted octanol–water partition coefficient (Wildman–Crippen LogP) is 5.72. The van der Waals surface area contributed by atoms with Crippen LogP contribution in [0.15, 0.2) is 40.8 Å². The molecule has 1 saturated heterocycles. The van der Waals surface area contributed by atoms with Crippen molar-refractivity contribution in [3.63, 3.8) is 0 Å². The maximum absolute atomic E-state index is 13.5. The van der Waals surface area contributed by atoms with Gasteiger partial charge in [0.15, 0.2) is 11.6 Å². The van der Waals surface area contributed by atoms with Crippen LogP contribution in [-0.2, 0) is 22.3 Å². The zero-order valence-corrected chi connectivity index (χ0v) is 22.5. The molecule has 0 unspecified atom stereocenters. The second-order valence-electron chi connectivity index (χ2n) is 10.6. The molecule has 9 nitrogen and oxygen atoms in total. The van der Waals surface area contributed by atoms with E-state index in [9.17, 15) is 36.9 Å². The summed E-state index contributed by atoms with van der Waals surface area (Å²) in [7, 11) is 0. The second kappa shape index (κ2) is 12.2. The molecule has 1 aliphatic heterocycles. The molecule has 14 heteroatoms. The Balaban J connectivity index is 1.03. The van der Waals surface area contributed by atoms with Gasteiger partial charge in [-0.1, -0.05) is 0 Å². The van der Waals surface area contributed by atoms with Gasteiger partial charge in [-0.05, 0) is 49.9 Å². The van der Waals surface area contributed by atoms with Gasteiger partial charge in [-0.2, -0.15) is 13.2 Å². The minimum Gasteiger partial charge on any atom is -0.460 e. The van der Waals surface area contributed by atoms with Gasteiger partial charge in [-0.3, -0.25) is 19.8 Å². The number of nitrogens with zero attached hydrogens (tertiary/aromatic N) is 3. The highest BCUT2D eigenvalue weighted by atomic mass is 19.4. The number of halogens is 5. The molecule has 2 fully saturated rings. The lowest BCUT2D eigenvalue weighted by molar-refractivity contribution is -0.388.